The molecule has 0 aromatic heterocycles. The van der Waals surface area contributed by atoms with Crippen LogP contribution in [-0.2, 0) is 16.0 Å². The van der Waals surface area contributed by atoms with E-state index in [1.54, 1.807) is 19.1 Å². The third-order valence-electron chi connectivity index (χ3n) is 6.14. The van der Waals surface area contributed by atoms with Crippen LogP contribution in [0.3, 0.4) is 0 Å². The fraction of sp³-hybridized carbons (Fsp3) is 0.444. The van der Waals surface area contributed by atoms with Gasteiger partial charge in [-0.05, 0) is 64.7 Å². The first kappa shape index (κ1) is 26.2. The van der Waals surface area contributed by atoms with Gasteiger partial charge < -0.3 is 25.7 Å². The zero-order valence-corrected chi connectivity index (χ0v) is 20.7. The summed E-state index contributed by atoms with van der Waals surface area (Å²) in [6, 6.07) is 12.3. The number of benzene rings is 2. The summed E-state index contributed by atoms with van der Waals surface area (Å²) in [6.07, 6.45) is -0.179. The molecule has 0 unspecified atom stereocenters. The van der Waals surface area contributed by atoms with Gasteiger partial charge >= 0.3 is 0 Å². The van der Waals surface area contributed by atoms with Crippen LogP contribution < -0.4 is 10.6 Å². The van der Waals surface area contributed by atoms with Crippen LogP contribution in [0.25, 0.3) is 0 Å². The van der Waals surface area contributed by atoms with Crippen LogP contribution in [0.5, 0.6) is 5.75 Å². The number of aromatic hydroxyl groups is 1. The van der Waals surface area contributed by atoms with Gasteiger partial charge in [0.15, 0.2) is 6.10 Å². The van der Waals surface area contributed by atoms with Gasteiger partial charge in [0.25, 0.3) is 11.8 Å². The lowest BCUT2D eigenvalue weighted by Gasteiger charge is -2.32. The second-order valence-electron chi connectivity index (χ2n) is 10.1. The van der Waals surface area contributed by atoms with Crippen LogP contribution in [-0.4, -0.2) is 63.1 Å². The Morgan fingerprint density at radius 2 is 1.77 bits per heavy atom. The molecule has 1 saturated heterocycles. The first-order valence-electron chi connectivity index (χ1n) is 11.9. The molecule has 8 heteroatoms. The largest absolute Gasteiger partial charge is 0.508 e. The number of amides is 3. The zero-order chi connectivity index (χ0) is 25.8. The van der Waals surface area contributed by atoms with Gasteiger partial charge in [0, 0.05) is 23.2 Å². The second-order valence-corrected chi connectivity index (χ2v) is 10.1. The number of likely N-dealkylation sites (tertiary alicyclic amines) is 1. The number of hydrogen-bond donors (Lipinski definition) is 4. The average molecular weight is 482 g/mol. The molecule has 2 aromatic carbocycles. The first-order chi connectivity index (χ1) is 16.5. The summed E-state index contributed by atoms with van der Waals surface area (Å²) in [4.78, 5) is 40.7. The number of nitrogens with zero attached hydrogens (tertiary/aromatic N) is 1. The third kappa shape index (κ3) is 6.60. The van der Waals surface area contributed by atoms with Crippen LogP contribution in [0.15, 0.2) is 48.5 Å². The Morgan fingerprint density at radius 1 is 1.09 bits per heavy atom. The fourth-order valence-electron chi connectivity index (χ4n) is 4.32. The van der Waals surface area contributed by atoms with E-state index in [-0.39, 0.29) is 23.6 Å². The normalized spacial score (nSPS) is 17.5. The highest BCUT2D eigenvalue weighted by molar-refractivity contribution is 5.97. The Morgan fingerprint density at radius 3 is 2.43 bits per heavy atom. The molecule has 3 atom stereocenters. The SMILES string of the molecule is Cc1c(O)cccc1C(=O)N[C@@H](Cc1ccccc1)[C@H](O)C(=O)N1CCC[C@H]1C(=O)NC(C)(C)C. The van der Waals surface area contributed by atoms with Gasteiger partial charge in [-0.15, -0.1) is 0 Å². The van der Waals surface area contributed by atoms with Crippen LogP contribution in [0.1, 0.15) is 55.1 Å². The molecule has 0 saturated carbocycles. The third-order valence-corrected chi connectivity index (χ3v) is 6.14. The van der Waals surface area contributed by atoms with E-state index in [1.807, 2.05) is 51.1 Å². The Bertz CT molecular complexity index is 1060. The number of carbonyl (C=O) groups is 3. The van der Waals surface area contributed by atoms with Crippen LogP contribution in [0.4, 0.5) is 0 Å². The van der Waals surface area contributed by atoms with Gasteiger partial charge in [0.1, 0.15) is 11.8 Å². The maximum Gasteiger partial charge on any atom is 0.254 e. The molecule has 0 spiro atoms. The molecular weight excluding hydrogens is 446 g/mol. The molecule has 8 nitrogen and oxygen atoms in total. The number of rotatable bonds is 7. The summed E-state index contributed by atoms with van der Waals surface area (Å²) in [5, 5.41) is 26.9. The topological polar surface area (TPSA) is 119 Å². The smallest absolute Gasteiger partial charge is 0.254 e. The van der Waals surface area contributed by atoms with Gasteiger partial charge in [-0.1, -0.05) is 36.4 Å². The summed E-state index contributed by atoms with van der Waals surface area (Å²) in [7, 11) is 0. The van der Waals surface area contributed by atoms with Crippen molar-refractivity contribution in [3.8, 4) is 5.75 Å². The molecule has 0 radical (unpaired) electrons. The minimum atomic E-state index is -1.56. The summed E-state index contributed by atoms with van der Waals surface area (Å²) in [6.45, 7) is 7.59. The van der Waals surface area contributed by atoms with Crippen molar-refractivity contribution in [2.75, 3.05) is 6.54 Å². The molecule has 3 rings (SSSR count). The Kier molecular flexibility index (Phi) is 8.17. The van der Waals surface area contributed by atoms with E-state index >= 15 is 0 Å². The van der Waals surface area contributed by atoms with E-state index in [9.17, 15) is 24.6 Å². The maximum atomic E-state index is 13.4. The molecule has 1 aliphatic heterocycles. The van der Waals surface area contributed by atoms with E-state index in [0.717, 1.165) is 5.56 Å². The predicted octanol–water partition coefficient (Wildman–Crippen LogP) is 2.31. The minimum Gasteiger partial charge on any atom is -0.508 e. The monoisotopic (exact) mass is 481 g/mol. The lowest BCUT2D eigenvalue weighted by molar-refractivity contribution is -0.146. The molecule has 1 fully saturated rings. The van der Waals surface area contributed by atoms with Crippen molar-refractivity contribution in [1.82, 2.24) is 15.5 Å². The van der Waals surface area contributed by atoms with Crippen LogP contribution in [0, 0.1) is 6.92 Å². The second kappa shape index (κ2) is 10.9. The average Bonchev–Trinajstić information content (AvgIpc) is 3.29. The quantitative estimate of drug-likeness (QED) is 0.484. The zero-order valence-electron chi connectivity index (χ0n) is 20.7. The van der Waals surface area contributed by atoms with E-state index in [0.29, 0.717) is 24.9 Å². The maximum absolute atomic E-state index is 13.4. The highest BCUT2D eigenvalue weighted by Gasteiger charge is 2.40. The lowest BCUT2D eigenvalue weighted by atomic mass is 9.98. The molecule has 35 heavy (non-hydrogen) atoms. The van der Waals surface area contributed by atoms with Gasteiger partial charge in [-0.25, -0.2) is 0 Å². The van der Waals surface area contributed by atoms with Crippen molar-refractivity contribution >= 4 is 17.7 Å². The van der Waals surface area contributed by atoms with Gasteiger partial charge in [0.2, 0.25) is 5.91 Å². The van der Waals surface area contributed by atoms with Crippen LogP contribution in [0.2, 0.25) is 0 Å². The highest BCUT2D eigenvalue weighted by Crippen LogP contribution is 2.22. The van der Waals surface area contributed by atoms with Crippen molar-refractivity contribution in [3.63, 3.8) is 0 Å². The number of phenolic OH excluding ortho intramolecular Hbond substituents is 1. The van der Waals surface area contributed by atoms with Gasteiger partial charge in [0.05, 0.1) is 6.04 Å². The molecule has 0 bridgehead atoms. The number of phenols is 1. The van der Waals surface area contributed by atoms with Crippen molar-refractivity contribution in [3.05, 3.63) is 65.2 Å². The van der Waals surface area contributed by atoms with E-state index in [4.69, 9.17) is 0 Å². The number of carbonyl (C=O) groups excluding carboxylic acids is 3. The molecule has 3 amide bonds. The van der Waals surface area contributed by atoms with Crippen molar-refractivity contribution < 1.29 is 24.6 Å². The molecule has 1 aliphatic rings. The van der Waals surface area contributed by atoms with E-state index in [2.05, 4.69) is 10.6 Å². The number of aliphatic hydroxyl groups is 1. The molecule has 4 N–H and O–H groups in total. The summed E-state index contributed by atoms with van der Waals surface area (Å²) in [5.41, 5.74) is 1.05. The summed E-state index contributed by atoms with van der Waals surface area (Å²) in [5.74, 6) is -1.37. The molecule has 0 aliphatic carbocycles. The summed E-state index contributed by atoms with van der Waals surface area (Å²) < 4.78 is 0. The molecular formula is C27H35N3O5. The number of aliphatic hydroxyl groups excluding tert-OH is 1. The summed E-state index contributed by atoms with van der Waals surface area (Å²) >= 11 is 0. The van der Waals surface area contributed by atoms with Gasteiger partial charge in [-0.2, -0.15) is 0 Å². The fourth-order valence-corrected chi connectivity index (χ4v) is 4.32. The molecule has 1 heterocycles. The Hall–Kier alpha value is -3.39. The standard InChI is InChI=1S/C27H35N3O5/c1-17-19(12-8-14-22(17)31)24(33)28-20(16-18-10-6-5-7-11-18)23(32)26(35)30-15-9-13-21(30)25(34)29-27(2,3)4/h5-8,10-12,14,20-21,23,31-32H,9,13,15-16H2,1-4H3,(H,28,33)(H,29,34)/t20-,21-,23-/m0/s1. The first-order valence-corrected chi connectivity index (χ1v) is 11.9. The molecule has 188 valence electrons. The minimum absolute atomic E-state index is 0.0151. The van der Waals surface area contributed by atoms with Crippen LogP contribution >= 0.6 is 0 Å². The van der Waals surface area contributed by atoms with Crippen molar-refractivity contribution in [2.24, 2.45) is 0 Å². The van der Waals surface area contributed by atoms with Crippen molar-refractivity contribution in [2.45, 2.75) is 70.7 Å². The Balaban J connectivity index is 1.83. The number of hydrogen-bond acceptors (Lipinski definition) is 5. The Labute approximate surface area is 206 Å². The predicted molar refractivity (Wildman–Crippen MR) is 133 cm³/mol. The lowest BCUT2D eigenvalue weighted by Crippen LogP contribution is -2.57. The van der Waals surface area contributed by atoms with Crippen molar-refractivity contribution in [1.29, 1.82) is 0 Å². The molecule has 2 aromatic rings. The van der Waals surface area contributed by atoms with E-state index in [1.165, 1.54) is 11.0 Å². The highest BCUT2D eigenvalue weighted by atomic mass is 16.3. The van der Waals surface area contributed by atoms with E-state index < -0.39 is 35.5 Å². The number of nitrogens with one attached hydrogen (secondary N) is 2. The van der Waals surface area contributed by atoms with Gasteiger partial charge in [-0.3, -0.25) is 14.4 Å².